The minimum absolute atomic E-state index is 0.0890. The van der Waals surface area contributed by atoms with Gasteiger partial charge in [-0.1, -0.05) is 69.3 Å². The highest BCUT2D eigenvalue weighted by Gasteiger charge is 2.37. The molecule has 0 bridgehead atoms. The first-order valence-corrected chi connectivity index (χ1v) is 11.5. The Morgan fingerprint density at radius 2 is 1.38 bits per heavy atom. The number of hydrogen-bond donors (Lipinski definition) is 0. The van der Waals surface area contributed by atoms with Crippen molar-refractivity contribution < 1.29 is 0 Å². The summed E-state index contributed by atoms with van der Waals surface area (Å²) in [5.41, 5.74) is 2.42. The van der Waals surface area contributed by atoms with Gasteiger partial charge in [-0.3, -0.25) is 9.80 Å². The molecule has 0 aliphatic heterocycles. The Morgan fingerprint density at radius 3 is 1.77 bits per heavy atom. The predicted molar refractivity (Wildman–Crippen MR) is 119 cm³/mol. The first kappa shape index (κ1) is 23.1. The lowest BCUT2D eigenvalue weighted by atomic mass is 10.1. The molecule has 0 aliphatic rings. The minimum atomic E-state index is 0.0890. The van der Waals surface area contributed by atoms with Gasteiger partial charge in [0.05, 0.1) is 5.29 Å². The molecule has 0 saturated heterocycles. The summed E-state index contributed by atoms with van der Waals surface area (Å²) in [6, 6.07) is 9.03. The standard InChI is InChI=1S/C23H40N2Si/c1-8-15-24(16-9-2)23(7,25(17-10-3)18-11-4)26-22-14-12-13-21(19-22)20(5)6/h12-14,19H,5,8-11,15-18H2,1-4,6-7H3. The lowest BCUT2D eigenvalue weighted by molar-refractivity contribution is 0.0163. The molecule has 0 fully saturated rings. The highest BCUT2D eigenvalue weighted by molar-refractivity contribution is 6.56. The maximum Gasteiger partial charge on any atom is 0.127 e. The quantitative estimate of drug-likeness (QED) is 0.356. The normalized spacial score (nSPS) is 12.2. The Hall–Kier alpha value is -0.903. The molecule has 0 aliphatic carbocycles. The van der Waals surface area contributed by atoms with Crippen molar-refractivity contribution in [3.8, 4) is 0 Å². The summed E-state index contributed by atoms with van der Waals surface area (Å²) in [4.78, 5) is 5.48. The van der Waals surface area contributed by atoms with Crippen molar-refractivity contribution in [2.45, 2.75) is 72.5 Å². The molecular formula is C23H40N2Si. The molecule has 0 unspecified atom stereocenters. The van der Waals surface area contributed by atoms with Crippen LogP contribution in [-0.4, -0.2) is 50.8 Å². The van der Waals surface area contributed by atoms with Crippen molar-refractivity contribution in [2.75, 3.05) is 26.2 Å². The van der Waals surface area contributed by atoms with Gasteiger partial charge in [0.15, 0.2) is 0 Å². The van der Waals surface area contributed by atoms with Crippen LogP contribution in [0.3, 0.4) is 0 Å². The second-order valence-electron chi connectivity index (χ2n) is 7.48. The average Bonchev–Trinajstić information content (AvgIpc) is 2.61. The number of benzene rings is 1. The molecule has 3 heteroatoms. The maximum absolute atomic E-state index is 4.13. The van der Waals surface area contributed by atoms with Crippen molar-refractivity contribution in [1.82, 2.24) is 9.80 Å². The molecule has 0 N–H and O–H groups in total. The van der Waals surface area contributed by atoms with Gasteiger partial charge in [-0.05, 0) is 71.3 Å². The third-order valence-electron chi connectivity index (χ3n) is 4.94. The molecule has 146 valence electrons. The fraction of sp³-hybridized carbons (Fsp3) is 0.652. The van der Waals surface area contributed by atoms with Gasteiger partial charge < -0.3 is 0 Å². The van der Waals surface area contributed by atoms with Crippen LogP contribution in [0.25, 0.3) is 5.57 Å². The number of nitrogens with zero attached hydrogens (tertiary/aromatic N) is 2. The van der Waals surface area contributed by atoms with E-state index in [0.29, 0.717) is 0 Å². The first-order valence-electron chi connectivity index (χ1n) is 10.5. The molecule has 1 aromatic carbocycles. The summed E-state index contributed by atoms with van der Waals surface area (Å²) in [6.45, 7) is 22.6. The van der Waals surface area contributed by atoms with Crippen LogP contribution in [0.4, 0.5) is 0 Å². The minimum Gasteiger partial charge on any atom is -0.289 e. The van der Waals surface area contributed by atoms with Gasteiger partial charge in [-0.2, -0.15) is 0 Å². The van der Waals surface area contributed by atoms with E-state index in [1.165, 1.54) is 62.6 Å². The average molecular weight is 373 g/mol. The van der Waals surface area contributed by atoms with E-state index in [9.17, 15) is 0 Å². The van der Waals surface area contributed by atoms with Crippen LogP contribution >= 0.6 is 0 Å². The zero-order valence-electron chi connectivity index (χ0n) is 18.1. The molecule has 26 heavy (non-hydrogen) atoms. The van der Waals surface area contributed by atoms with E-state index in [4.69, 9.17) is 0 Å². The number of hydrogen-bond acceptors (Lipinski definition) is 2. The fourth-order valence-corrected chi connectivity index (χ4v) is 5.39. The van der Waals surface area contributed by atoms with Gasteiger partial charge >= 0.3 is 0 Å². The van der Waals surface area contributed by atoms with Crippen molar-refractivity contribution >= 4 is 20.3 Å². The van der Waals surface area contributed by atoms with Crippen molar-refractivity contribution in [2.24, 2.45) is 0 Å². The second-order valence-corrected chi connectivity index (χ2v) is 9.26. The van der Waals surface area contributed by atoms with Crippen LogP contribution in [0, 0.1) is 0 Å². The SMILES string of the molecule is C=C(C)c1cccc([Si]C(C)(N(CCC)CCC)N(CCC)CCC)c1. The molecule has 0 aromatic heterocycles. The Morgan fingerprint density at radius 1 is 0.923 bits per heavy atom. The molecule has 0 atom stereocenters. The summed E-state index contributed by atoms with van der Waals surface area (Å²) in [7, 11) is 0.748. The Kier molecular flexibility index (Phi) is 10.4. The van der Waals surface area contributed by atoms with Crippen LogP contribution in [0.15, 0.2) is 30.8 Å². The van der Waals surface area contributed by atoms with E-state index < -0.39 is 0 Å². The van der Waals surface area contributed by atoms with Gasteiger partial charge in [0.25, 0.3) is 0 Å². The lowest BCUT2D eigenvalue weighted by Crippen LogP contribution is -2.65. The van der Waals surface area contributed by atoms with Crippen LogP contribution < -0.4 is 5.19 Å². The zero-order chi connectivity index (χ0) is 19.6. The summed E-state index contributed by atoms with van der Waals surface area (Å²) < 4.78 is 0. The Bertz CT molecular complexity index is 513. The highest BCUT2D eigenvalue weighted by atomic mass is 28.2. The Labute approximate surface area is 165 Å². The summed E-state index contributed by atoms with van der Waals surface area (Å²) in [6.07, 6.45) is 4.83. The van der Waals surface area contributed by atoms with E-state index in [0.717, 1.165) is 15.1 Å². The zero-order valence-corrected chi connectivity index (χ0v) is 19.1. The third kappa shape index (κ3) is 6.36. The monoisotopic (exact) mass is 372 g/mol. The fourth-order valence-electron chi connectivity index (χ4n) is 3.67. The molecule has 2 nitrogen and oxygen atoms in total. The van der Waals surface area contributed by atoms with Crippen molar-refractivity contribution in [3.05, 3.63) is 36.4 Å². The van der Waals surface area contributed by atoms with E-state index in [1.807, 2.05) is 0 Å². The molecule has 2 radical (unpaired) electrons. The van der Waals surface area contributed by atoms with Crippen LogP contribution in [0.5, 0.6) is 0 Å². The summed E-state index contributed by atoms with van der Waals surface area (Å²) in [5, 5.41) is 1.54. The van der Waals surface area contributed by atoms with E-state index >= 15 is 0 Å². The predicted octanol–water partition coefficient (Wildman–Crippen LogP) is 4.97. The van der Waals surface area contributed by atoms with Gasteiger partial charge in [-0.15, -0.1) is 0 Å². The van der Waals surface area contributed by atoms with Gasteiger partial charge in [-0.25, -0.2) is 0 Å². The number of rotatable bonds is 13. The van der Waals surface area contributed by atoms with Crippen molar-refractivity contribution in [1.29, 1.82) is 0 Å². The molecule has 1 aromatic rings. The first-order chi connectivity index (χ1) is 12.4. The second kappa shape index (κ2) is 11.7. The third-order valence-corrected chi connectivity index (χ3v) is 6.65. The lowest BCUT2D eigenvalue weighted by Gasteiger charge is -2.49. The van der Waals surface area contributed by atoms with Crippen molar-refractivity contribution in [3.63, 3.8) is 0 Å². The molecule has 0 amide bonds. The topological polar surface area (TPSA) is 6.48 Å². The van der Waals surface area contributed by atoms with E-state index in [2.05, 4.69) is 82.2 Å². The van der Waals surface area contributed by atoms with E-state index in [-0.39, 0.29) is 5.29 Å². The summed E-state index contributed by atoms with van der Waals surface area (Å²) >= 11 is 0. The van der Waals surface area contributed by atoms with Gasteiger partial charge in [0.1, 0.15) is 9.52 Å². The van der Waals surface area contributed by atoms with Gasteiger partial charge in [0, 0.05) is 0 Å². The smallest absolute Gasteiger partial charge is 0.127 e. The van der Waals surface area contributed by atoms with Crippen LogP contribution in [0.2, 0.25) is 0 Å². The van der Waals surface area contributed by atoms with E-state index in [1.54, 1.807) is 0 Å². The largest absolute Gasteiger partial charge is 0.289 e. The van der Waals surface area contributed by atoms with Crippen LogP contribution in [-0.2, 0) is 0 Å². The maximum atomic E-state index is 4.13. The molecule has 0 spiro atoms. The molecule has 1 rings (SSSR count). The highest BCUT2D eigenvalue weighted by Crippen LogP contribution is 2.22. The Balaban J connectivity index is 3.28. The molecule has 0 saturated carbocycles. The summed E-state index contributed by atoms with van der Waals surface area (Å²) in [5.74, 6) is 0. The molecular weight excluding hydrogens is 332 g/mol. The van der Waals surface area contributed by atoms with Gasteiger partial charge in [0.2, 0.25) is 0 Å². The molecule has 0 heterocycles. The van der Waals surface area contributed by atoms with Crippen LogP contribution in [0.1, 0.15) is 72.8 Å². The number of allylic oxidation sites excluding steroid dienone is 1.